The van der Waals surface area contributed by atoms with E-state index in [0.717, 1.165) is 12.8 Å². The maximum atomic E-state index is 12.1. The summed E-state index contributed by atoms with van der Waals surface area (Å²) in [5.74, 6) is 0.312. The van der Waals surface area contributed by atoms with E-state index in [1.54, 1.807) is 0 Å². The highest BCUT2D eigenvalue weighted by Crippen LogP contribution is 2.33. The Balaban J connectivity index is 4.88. The smallest absolute Gasteiger partial charge is 0.469 e. The fourth-order valence-corrected chi connectivity index (χ4v) is 4.99. The van der Waals surface area contributed by atoms with Crippen LogP contribution in [0.4, 0.5) is 0 Å². The molecule has 0 N–H and O–H groups in total. The molecule has 5 nitrogen and oxygen atoms in total. The zero-order chi connectivity index (χ0) is 16.3. The highest BCUT2D eigenvalue weighted by Gasteiger charge is 2.52. The minimum atomic E-state index is -3.02. The molecule has 6 heteroatoms. The van der Waals surface area contributed by atoms with Crippen molar-refractivity contribution in [1.82, 2.24) is 0 Å². The number of rotatable bonds is 12. The summed E-state index contributed by atoms with van der Waals surface area (Å²) in [5.41, 5.74) is -0.460. The van der Waals surface area contributed by atoms with E-state index in [0.29, 0.717) is 12.3 Å². The summed E-state index contributed by atoms with van der Waals surface area (Å²) >= 11 is 0. The molecule has 0 aliphatic carbocycles. The van der Waals surface area contributed by atoms with Crippen molar-refractivity contribution in [2.24, 2.45) is 5.92 Å². The van der Waals surface area contributed by atoms with Gasteiger partial charge < -0.3 is 18.0 Å². The van der Waals surface area contributed by atoms with Crippen molar-refractivity contribution in [3.8, 4) is 0 Å². The number of methoxy groups -OCH3 is 1. The second-order valence-electron chi connectivity index (χ2n) is 5.29. The molecule has 2 atom stereocenters. The Morgan fingerprint density at radius 1 is 0.952 bits per heavy atom. The minimum Gasteiger partial charge on any atom is -0.469 e. The largest absolute Gasteiger partial charge is 0.514 e. The zero-order valence-electron chi connectivity index (χ0n) is 14.4. The van der Waals surface area contributed by atoms with Crippen LogP contribution in [0.2, 0.25) is 5.54 Å². The third-order valence-corrected chi connectivity index (χ3v) is 7.26. The Morgan fingerprint density at radius 2 is 1.52 bits per heavy atom. The summed E-state index contributed by atoms with van der Waals surface area (Å²) in [6, 6.07) is 0. The zero-order valence-corrected chi connectivity index (χ0v) is 15.4. The van der Waals surface area contributed by atoms with Crippen LogP contribution >= 0.6 is 0 Å². The third-order valence-electron chi connectivity index (χ3n) is 4.17. The van der Waals surface area contributed by atoms with E-state index < -0.39 is 14.3 Å². The maximum Gasteiger partial charge on any atom is 0.514 e. The van der Waals surface area contributed by atoms with Crippen LogP contribution in [-0.4, -0.2) is 43.2 Å². The Morgan fingerprint density at radius 3 is 1.90 bits per heavy atom. The van der Waals surface area contributed by atoms with Crippen molar-refractivity contribution < 1.29 is 22.8 Å². The second kappa shape index (κ2) is 11.2. The highest BCUT2D eigenvalue weighted by molar-refractivity contribution is 6.66. The lowest BCUT2D eigenvalue weighted by Crippen LogP contribution is -2.50. The second-order valence-corrected chi connectivity index (χ2v) is 8.41. The van der Waals surface area contributed by atoms with E-state index in [9.17, 15) is 4.79 Å². The molecule has 0 aromatic heterocycles. The molecule has 0 bridgehead atoms. The molecule has 0 saturated carbocycles. The predicted molar refractivity (Wildman–Crippen MR) is 85.1 cm³/mol. The highest BCUT2D eigenvalue weighted by atomic mass is 28.4. The van der Waals surface area contributed by atoms with Gasteiger partial charge in [-0.05, 0) is 18.8 Å². The van der Waals surface area contributed by atoms with Gasteiger partial charge >= 0.3 is 14.8 Å². The van der Waals surface area contributed by atoms with Gasteiger partial charge in [0.05, 0.1) is 7.11 Å². The summed E-state index contributed by atoms with van der Waals surface area (Å²) in [6.45, 7) is 4.39. The van der Waals surface area contributed by atoms with Crippen LogP contribution in [0.3, 0.4) is 0 Å². The maximum absolute atomic E-state index is 12.1. The van der Waals surface area contributed by atoms with Crippen molar-refractivity contribution >= 4 is 14.8 Å². The predicted octanol–water partition coefficient (Wildman–Crippen LogP) is 3.40. The Labute approximate surface area is 130 Å². The number of unbranched alkanes of at least 4 members (excludes halogenated alkanes) is 1. The molecule has 0 fully saturated rings. The molecule has 0 amide bonds. The molecule has 0 spiro atoms. The first-order valence-corrected chi connectivity index (χ1v) is 9.58. The van der Waals surface area contributed by atoms with Crippen LogP contribution < -0.4 is 0 Å². The monoisotopic (exact) mass is 320 g/mol. The molecule has 0 rings (SSSR count). The summed E-state index contributed by atoms with van der Waals surface area (Å²) in [6.07, 6.45) is 6.38. The van der Waals surface area contributed by atoms with Crippen molar-refractivity contribution in [2.75, 3.05) is 28.4 Å². The lowest BCUT2D eigenvalue weighted by atomic mass is 9.93. The minimum absolute atomic E-state index is 0.308. The average Bonchev–Trinajstić information content (AvgIpc) is 2.53. The number of hydrogen-bond donors (Lipinski definition) is 0. The van der Waals surface area contributed by atoms with Crippen LogP contribution in [0.25, 0.3) is 0 Å². The molecule has 0 aliphatic rings. The van der Waals surface area contributed by atoms with Gasteiger partial charge in [-0.2, -0.15) is 0 Å². The first-order valence-electron chi connectivity index (χ1n) is 7.78. The van der Waals surface area contributed by atoms with Gasteiger partial charge in [0.2, 0.25) is 0 Å². The molecule has 0 saturated heterocycles. The van der Waals surface area contributed by atoms with Crippen molar-refractivity contribution in [3.63, 3.8) is 0 Å². The molecule has 0 aromatic carbocycles. The van der Waals surface area contributed by atoms with Crippen LogP contribution in [0, 0.1) is 5.92 Å². The van der Waals surface area contributed by atoms with Crippen molar-refractivity contribution in [1.29, 1.82) is 0 Å². The van der Waals surface area contributed by atoms with E-state index in [4.69, 9.17) is 18.0 Å². The molecule has 0 heterocycles. The molecular weight excluding hydrogens is 288 g/mol. The average molecular weight is 321 g/mol. The number of carbonyl (C=O) groups excluding carboxylic acids is 1. The molecule has 126 valence electrons. The van der Waals surface area contributed by atoms with Crippen LogP contribution in [0.5, 0.6) is 0 Å². The third kappa shape index (κ3) is 6.06. The molecule has 0 aromatic rings. The fourth-order valence-electron chi connectivity index (χ4n) is 2.71. The van der Waals surface area contributed by atoms with Crippen molar-refractivity contribution in [2.45, 2.75) is 57.9 Å². The molecule has 0 aliphatic heterocycles. The molecule has 2 unspecified atom stereocenters. The lowest BCUT2D eigenvalue weighted by Gasteiger charge is -2.31. The number of esters is 1. The van der Waals surface area contributed by atoms with Gasteiger partial charge in [0.15, 0.2) is 0 Å². The fraction of sp³-hybridized carbons (Fsp3) is 0.933. The summed E-state index contributed by atoms with van der Waals surface area (Å²) in [5, 5.41) is 0. The van der Waals surface area contributed by atoms with Gasteiger partial charge in [0.1, 0.15) is 5.54 Å². The molecular formula is C15H32O5Si. The summed E-state index contributed by atoms with van der Waals surface area (Å²) < 4.78 is 21.3. The summed E-state index contributed by atoms with van der Waals surface area (Å²) in [7, 11) is 2.97. The SMILES string of the molecule is CCCCC(CC)CCC(C(=O)OC)[Si](OC)(OC)OC. The Hall–Kier alpha value is -0.433. The van der Waals surface area contributed by atoms with Crippen LogP contribution in [0.15, 0.2) is 0 Å². The Bertz CT molecular complexity index is 273. The normalized spacial score (nSPS) is 14.8. The van der Waals surface area contributed by atoms with Crippen molar-refractivity contribution in [3.05, 3.63) is 0 Å². The molecule has 0 radical (unpaired) electrons. The van der Waals surface area contributed by atoms with Crippen LogP contribution in [0.1, 0.15) is 52.4 Å². The van der Waals surface area contributed by atoms with Gasteiger partial charge in [-0.15, -0.1) is 0 Å². The number of ether oxygens (including phenoxy) is 1. The quantitative estimate of drug-likeness (QED) is 0.407. The van der Waals surface area contributed by atoms with Crippen LogP contribution in [-0.2, 0) is 22.8 Å². The summed E-state index contributed by atoms with van der Waals surface area (Å²) in [4.78, 5) is 12.1. The van der Waals surface area contributed by atoms with E-state index >= 15 is 0 Å². The van der Waals surface area contributed by atoms with Gasteiger partial charge in [0.25, 0.3) is 0 Å². The Kier molecular flexibility index (Phi) is 10.9. The first-order chi connectivity index (χ1) is 10.0. The van der Waals surface area contributed by atoms with Gasteiger partial charge in [-0.25, -0.2) is 0 Å². The number of hydrogen-bond acceptors (Lipinski definition) is 5. The standard InChI is InChI=1S/C15H32O5Si/c1-7-9-10-13(8-2)11-12-14(15(16)17-3)21(18-4,19-5)20-6/h13-14H,7-12H2,1-6H3. The number of carbonyl (C=O) groups is 1. The van der Waals surface area contributed by atoms with E-state index in [2.05, 4.69) is 13.8 Å². The van der Waals surface area contributed by atoms with E-state index in [1.165, 1.54) is 47.7 Å². The van der Waals surface area contributed by atoms with E-state index in [-0.39, 0.29) is 5.97 Å². The topological polar surface area (TPSA) is 54.0 Å². The van der Waals surface area contributed by atoms with Gasteiger partial charge in [0, 0.05) is 21.3 Å². The molecule has 21 heavy (non-hydrogen) atoms. The lowest BCUT2D eigenvalue weighted by molar-refractivity contribution is -0.142. The van der Waals surface area contributed by atoms with E-state index in [1.807, 2.05) is 0 Å². The first kappa shape index (κ1) is 20.6. The van der Waals surface area contributed by atoms with Gasteiger partial charge in [-0.1, -0.05) is 39.5 Å². The van der Waals surface area contributed by atoms with Gasteiger partial charge in [-0.3, -0.25) is 4.79 Å².